The van der Waals surface area contributed by atoms with E-state index in [9.17, 15) is 0 Å². The summed E-state index contributed by atoms with van der Waals surface area (Å²) >= 11 is 0. The zero-order valence-electron chi connectivity index (χ0n) is 3.06. The van der Waals surface area contributed by atoms with Crippen LogP contribution in [0.3, 0.4) is 0 Å². The molecule has 0 amide bonds. The van der Waals surface area contributed by atoms with Crippen LogP contribution in [0, 0.1) is 0 Å². The van der Waals surface area contributed by atoms with Gasteiger partial charge in [0.25, 0.3) is 0 Å². The molecule has 0 fully saturated rings. The van der Waals surface area contributed by atoms with Gasteiger partial charge in [0.05, 0.1) is 0 Å². The van der Waals surface area contributed by atoms with Crippen molar-refractivity contribution in [3.63, 3.8) is 0 Å². The van der Waals surface area contributed by atoms with E-state index in [1.54, 1.807) is 13.2 Å². The van der Waals surface area contributed by atoms with Crippen molar-refractivity contribution >= 4 is 6.29 Å². The molecule has 29 valence electrons. The van der Waals surface area contributed by atoms with Crippen LogP contribution in [0.25, 0.3) is 0 Å². The van der Waals surface area contributed by atoms with Crippen LogP contribution in [-0.4, -0.2) is 6.29 Å². The first kappa shape index (κ1) is 8.98. The Labute approximate surface area is 43.6 Å². The molecule has 1 nitrogen and oxygen atoms in total. The molecule has 1 radical (unpaired) electrons. The van der Waals surface area contributed by atoms with Gasteiger partial charge in [-0.05, 0) is 0 Å². The molecule has 0 aliphatic carbocycles. The Morgan fingerprint density at radius 2 is 2.00 bits per heavy atom. The predicted molar refractivity (Wildman–Crippen MR) is 16.0 cm³/mol. The SMILES string of the molecule is CC[C-]=O.[V]. The molecule has 0 aliphatic rings. The summed E-state index contributed by atoms with van der Waals surface area (Å²) in [6, 6.07) is 0. The molecule has 0 rings (SSSR count). The second-order valence-electron chi connectivity index (χ2n) is 0.498. The maximum atomic E-state index is 9.05. The summed E-state index contributed by atoms with van der Waals surface area (Å²) in [6.07, 6.45) is 2.19. The van der Waals surface area contributed by atoms with E-state index in [1.807, 2.05) is 0 Å². The van der Waals surface area contributed by atoms with Gasteiger partial charge in [-0.3, -0.25) is 6.29 Å². The minimum atomic E-state index is 0. The quantitative estimate of drug-likeness (QED) is 0.447. The van der Waals surface area contributed by atoms with Crippen molar-refractivity contribution in [3.8, 4) is 0 Å². The fraction of sp³-hybridized carbons (Fsp3) is 0.667. The van der Waals surface area contributed by atoms with Gasteiger partial charge in [-0.2, -0.15) is 6.42 Å². The number of hydrogen-bond acceptors (Lipinski definition) is 1. The third-order valence-electron chi connectivity index (χ3n) is 0.144. The molecule has 5 heavy (non-hydrogen) atoms. The predicted octanol–water partition coefficient (Wildman–Crippen LogP) is 0.504. The van der Waals surface area contributed by atoms with Gasteiger partial charge in [-0.1, -0.05) is 6.92 Å². The molecule has 0 aromatic carbocycles. The third kappa shape index (κ3) is 13.7. The molecule has 0 aromatic heterocycles. The van der Waals surface area contributed by atoms with E-state index >= 15 is 0 Å². The Hall–Kier alpha value is 0.254. The molecule has 0 unspecified atom stereocenters. The van der Waals surface area contributed by atoms with E-state index in [0.717, 1.165) is 0 Å². The average Bonchev–Trinajstić information content (AvgIpc) is 1.37. The molecular formula is C3H5OV-. The summed E-state index contributed by atoms with van der Waals surface area (Å²) in [5.41, 5.74) is 0. The van der Waals surface area contributed by atoms with Gasteiger partial charge < -0.3 is 4.79 Å². The van der Waals surface area contributed by atoms with Crippen LogP contribution >= 0.6 is 0 Å². The van der Waals surface area contributed by atoms with Crippen LogP contribution < -0.4 is 0 Å². The van der Waals surface area contributed by atoms with E-state index in [4.69, 9.17) is 4.79 Å². The van der Waals surface area contributed by atoms with Crippen LogP contribution in [-0.2, 0) is 23.4 Å². The second kappa shape index (κ2) is 8.87. The first-order valence-electron chi connectivity index (χ1n) is 1.26. The Bertz CT molecular complexity index is 20.9. The van der Waals surface area contributed by atoms with Gasteiger partial charge in [0.2, 0.25) is 0 Å². The van der Waals surface area contributed by atoms with Crippen molar-refractivity contribution in [1.82, 2.24) is 0 Å². The van der Waals surface area contributed by atoms with E-state index < -0.39 is 0 Å². The molecular weight excluding hydrogens is 103 g/mol. The first-order valence-corrected chi connectivity index (χ1v) is 1.26. The first-order chi connectivity index (χ1) is 1.91. The molecule has 0 aliphatic heterocycles. The smallest absolute Gasteiger partial charge is 0 e. The summed E-state index contributed by atoms with van der Waals surface area (Å²) in [4.78, 5) is 9.05. The van der Waals surface area contributed by atoms with Crippen LogP contribution in [0.4, 0.5) is 0 Å². The topological polar surface area (TPSA) is 17.1 Å². The number of rotatable bonds is 1. The monoisotopic (exact) mass is 108 g/mol. The standard InChI is InChI=1S/C3H5O.V/c1-2-3-4;/h2H2,1H3;/q-1;. The van der Waals surface area contributed by atoms with Crippen LogP contribution in [0.1, 0.15) is 13.3 Å². The summed E-state index contributed by atoms with van der Waals surface area (Å²) in [5.74, 6) is 0. The van der Waals surface area contributed by atoms with E-state index in [0.29, 0.717) is 6.42 Å². The zero-order chi connectivity index (χ0) is 3.41. The molecule has 0 heterocycles. The fourth-order valence-electron chi connectivity index (χ4n) is 0. The minimum Gasteiger partial charge on any atom is -0.542 e. The van der Waals surface area contributed by atoms with Crippen LogP contribution in [0.2, 0.25) is 0 Å². The molecule has 0 aromatic rings. The van der Waals surface area contributed by atoms with Gasteiger partial charge in [-0.15, -0.1) is 0 Å². The van der Waals surface area contributed by atoms with Crippen molar-refractivity contribution in [2.24, 2.45) is 0 Å². The Balaban J connectivity index is 0. The van der Waals surface area contributed by atoms with Crippen molar-refractivity contribution in [2.75, 3.05) is 0 Å². The fourth-order valence-corrected chi connectivity index (χ4v) is 0. The van der Waals surface area contributed by atoms with Crippen LogP contribution in [0.5, 0.6) is 0 Å². The number of carbonyl (C=O) groups excluding carboxylic acids is 1. The summed E-state index contributed by atoms with van der Waals surface area (Å²) in [7, 11) is 0. The Morgan fingerprint density at radius 1 is 1.80 bits per heavy atom. The molecule has 0 atom stereocenters. The number of hydrogen-bond donors (Lipinski definition) is 0. The van der Waals surface area contributed by atoms with Gasteiger partial charge in [0, 0.05) is 18.6 Å². The maximum Gasteiger partial charge on any atom is 0 e. The molecule has 0 bridgehead atoms. The van der Waals surface area contributed by atoms with Crippen molar-refractivity contribution in [3.05, 3.63) is 0 Å². The van der Waals surface area contributed by atoms with Crippen molar-refractivity contribution in [2.45, 2.75) is 13.3 Å². The van der Waals surface area contributed by atoms with Crippen molar-refractivity contribution in [1.29, 1.82) is 0 Å². The van der Waals surface area contributed by atoms with Gasteiger partial charge in [0.15, 0.2) is 0 Å². The molecule has 0 spiro atoms. The Kier molecular flexibility index (Phi) is 15.9. The largest absolute Gasteiger partial charge is 0.542 e. The molecule has 0 saturated carbocycles. The minimum absolute atomic E-state index is 0. The summed E-state index contributed by atoms with van der Waals surface area (Å²) in [5, 5.41) is 0. The van der Waals surface area contributed by atoms with Crippen LogP contribution in [0.15, 0.2) is 0 Å². The normalized spacial score (nSPS) is 5.00. The maximum absolute atomic E-state index is 9.05. The molecule has 2 heteroatoms. The third-order valence-corrected chi connectivity index (χ3v) is 0.144. The average molecular weight is 108 g/mol. The summed E-state index contributed by atoms with van der Waals surface area (Å²) < 4.78 is 0. The molecule has 0 saturated heterocycles. The van der Waals surface area contributed by atoms with Gasteiger partial charge in [-0.25, -0.2) is 0 Å². The van der Waals surface area contributed by atoms with E-state index in [2.05, 4.69) is 0 Å². The van der Waals surface area contributed by atoms with Crippen molar-refractivity contribution < 1.29 is 23.4 Å². The van der Waals surface area contributed by atoms with E-state index in [1.165, 1.54) is 0 Å². The summed E-state index contributed by atoms with van der Waals surface area (Å²) in [6.45, 7) is 1.76. The van der Waals surface area contributed by atoms with Gasteiger partial charge >= 0.3 is 0 Å². The molecule has 0 N–H and O–H groups in total. The van der Waals surface area contributed by atoms with Gasteiger partial charge in [0.1, 0.15) is 0 Å². The van der Waals surface area contributed by atoms with E-state index in [-0.39, 0.29) is 18.6 Å². The zero-order valence-corrected chi connectivity index (χ0v) is 4.46. The Morgan fingerprint density at radius 3 is 2.00 bits per heavy atom. The second-order valence-corrected chi connectivity index (χ2v) is 0.498.